The first-order valence-electron chi connectivity index (χ1n) is 7.89. The van der Waals surface area contributed by atoms with Gasteiger partial charge >= 0.3 is 0 Å². The normalized spacial score (nSPS) is 11.7. The van der Waals surface area contributed by atoms with Gasteiger partial charge in [0.15, 0.2) is 0 Å². The van der Waals surface area contributed by atoms with Crippen LogP contribution in [0.1, 0.15) is 36.2 Å². The molecule has 0 aromatic heterocycles. The minimum atomic E-state index is -0.101. The minimum absolute atomic E-state index is 0.101. The molecule has 2 aromatic carbocycles. The van der Waals surface area contributed by atoms with Gasteiger partial charge in [0.1, 0.15) is 18.1 Å². The molecule has 0 radical (unpaired) electrons. The van der Waals surface area contributed by atoms with E-state index in [9.17, 15) is 4.79 Å². The van der Waals surface area contributed by atoms with E-state index in [1.54, 1.807) is 37.4 Å². The SMILES string of the molecule is CC[C@H](C)NC(=O)c1ccc(OC)c(COc2cccc(Cl)c2)c1. The van der Waals surface area contributed by atoms with Crippen LogP contribution in [-0.2, 0) is 6.61 Å². The Bertz CT molecular complexity index is 703. The highest BCUT2D eigenvalue weighted by molar-refractivity contribution is 6.30. The monoisotopic (exact) mass is 347 g/mol. The Balaban J connectivity index is 2.15. The van der Waals surface area contributed by atoms with Crippen LogP contribution in [0.15, 0.2) is 42.5 Å². The molecule has 0 aliphatic carbocycles. The minimum Gasteiger partial charge on any atom is -0.496 e. The maximum atomic E-state index is 12.3. The number of hydrogen-bond acceptors (Lipinski definition) is 3. The lowest BCUT2D eigenvalue weighted by atomic mass is 10.1. The molecule has 24 heavy (non-hydrogen) atoms. The molecule has 0 saturated carbocycles. The van der Waals surface area contributed by atoms with Gasteiger partial charge in [0.2, 0.25) is 0 Å². The molecule has 0 fully saturated rings. The predicted molar refractivity (Wildman–Crippen MR) is 96.0 cm³/mol. The van der Waals surface area contributed by atoms with Crippen molar-refractivity contribution in [1.29, 1.82) is 0 Å². The van der Waals surface area contributed by atoms with E-state index in [4.69, 9.17) is 21.1 Å². The Kier molecular flexibility index (Phi) is 6.50. The van der Waals surface area contributed by atoms with Crippen LogP contribution in [0.4, 0.5) is 0 Å². The molecule has 0 heterocycles. The molecule has 5 heteroatoms. The summed E-state index contributed by atoms with van der Waals surface area (Å²) in [7, 11) is 1.59. The van der Waals surface area contributed by atoms with Crippen molar-refractivity contribution in [2.75, 3.05) is 7.11 Å². The van der Waals surface area contributed by atoms with Gasteiger partial charge in [0.25, 0.3) is 5.91 Å². The Labute approximate surface area is 147 Å². The molecule has 4 nitrogen and oxygen atoms in total. The quantitative estimate of drug-likeness (QED) is 0.804. The maximum absolute atomic E-state index is 12.3. The fourth-order valence-corrected chi connectivity index (χ4v) is 2.34. The van der Waals surface area contributed by atoms with Crippen LogP contribution < -0.4 is 14.8 Å². The first kappa shape index (κ1) is 18.1. The van der Waals surface area contributed by atoms with E-state index in [0.717, 1.165) is 12.0 Å². The van der Waals surface area contributed by atoms with E-state index >= 15 is 0 Å². The fourth-order valence-electron chi connectivity index (χ4n) is 2.16. The fraction of sp³-hybridized carbons (Fsp3) is 0.316. The number of carbonyl (C=O) groups is 1. The molecule has 0 aliphatic rings. The number of methoxy groups -OCH3 is 1. The van der Waals surface area contributed by atoms with Gasteiger partial charge in [-0.2, -0.15) is 0 Å². The summed E-state index contributed by atoms with van der Waals surface area (Å²) < 4.78 is 11.1. The second-order valence-corrected chi connectivity index (χ2v) is 5.99. The Morgan fingerprint density at radius 1 is 1.25 bits per heavy atom. The first-order chi connectivity index (χ1) is 11.5. The highest BCUT2D eigenvalue weighted by Gasteiger charge is 2.12. The summed E-state index contributed by atoms with van der Waals surface area (Å²) in [6.45, 7) is 4.29. The van der Waals surface area contributed by atoms with E-state index < -0.39 is 0 Å². The van der Waals surface area contributed by atoms with Gasteiger partial charge < -0.3 is 14.8 Å². The Morgan fingerprint density at radius 2 is 2.04 bits per heavy atom. The highest BCUT2D eigenvalue weighted by Crippen LogP contribution is 2.23. The number of nitrogens with one attached hydrogen (secondary N) is 1. The van der Waals surface area contributed by atoms with Crippen molar-refractivity contribution in [2.45, 2.75) is 32.9 Å². The van der Waals surface area contributed by atoms with Crippen LogP contribution in [0.25, 0.3) is 0 Å². The Morgan fingerprint density at radius 3 is 2.71 bits per heavy atom. The number of carbonyl (C=O) groups excluding carboxylic acids is 1. The third-order valence-electron chi connectivity index (χ3n) is 3.72. The highest BCUT2D eigenvalue weighted by atomic mass is 35.5. The second-order valence-electron chi connectivity index (χ2n) is 5.56. The molecule has 1 atom stereocenters. The van der Waals surface area contributed by atoms with Crippen LogP contribution in [0.2, 0.25) is 5.02 Å². The number of rotatable bonds is 7. The summed E-state index contributed by atoms with van der Waals surface area (Å²) in [5.74, 6) is 1.24. The van der Waals surface area contributed by atoms with Crippen LogP contribution >= 0.6 is 11.6 Å². The topological polar surface area (TPSA) is 47.6 Å². The molecule has 0 bridgehead atoms. The van der Waals surface area contributed by atoms with E-state index in [0.29, 0.717) is 22.1 Å². The summed E-state index contributed by atoms with van der Waals surface area (Å²) in [6.07, 6.45) is 0.882. The molecule has 2 aromatic rings. The molecule has 1 amide bonds. The maximum Gasteiger partial charge on any atom is 0.251 e. The van der Waals surface area contributed by atoms with Crippen molar-refractivity contribution >= 4 is 17.5 Å². The van der Waals surface area contributed by atoms with Crippen molar-refractivity contribution in [3.05, 3.63) is 58.6 Å². The largest absolute Gasteiger partial charge is 0.496 e. The molecule has 1 N–H and O–H groups in total. The lowest BCUT2D eigenvalue weighted by molar-refractivity contribution is 0.0939. The van der Waals surface area contributed by atoms with Gasteiger partial charge in [-0.3, -0.25) is 4.79 Å². The molecule has 0 unspecified atom stereocenters. The number of hydrogen-bond donors (Lipinski definition) is 1. The lowest BCUT2D eigenvalue weighted by Gasteiger charge is -2.14. The van der Waals surface area contributed by atoms with Crippen LogP contribution in [0.3, 0.4) is 0 Å². The number of benzene rings is 2. The first-order valence-corrected chi connectivity index (χ1v) is 8.27. The zero-order chi connectivity index (χ0) is 17.5. The van der Waals surface area contributed by atoms with Crippen molar-refractivity contribution in [3.63, 3.8) is 0 Å². The molecule has 128 valence electrons. The van der Waals surface area contributed by atoms with Gasteiger partial charge in [-0.1, -0.05) is 24.6 Å². The van der Waals surface area contributed by atoms with Crippen LogP contribution in [0.5, 0.6) is 11.5 Å². The van der Waals surface area contributed by atoms with Crippen molar-refractivity contribution < 1.29 is 14.3 Å². The zero-order valence-electron chi connectivity index (χ0n) is 14.1. The van der Waals surface area contributed by atoms with Crippen molar-refractivity contribution in [1.82, 2.24) is 5.32 Å². The van der Waals surface area contributed by atoms with Gasteiger partial charge in [-0.15, -0.1) is 0 Å². The van der Waals surface area contributed by atoms with Gasteiger partial charge in [-0.05, 0) is 49.7 Å². The lowest BCUT2D eigenvalue weighted by Crippen LogP contribution is -2.31. The van der Waals surface area contributed by atoms with Crippen molar-refractivity contribution in [2.24, 2.45) is 0 Å². The third kappa shape index (κ3) is 4.90. The molecule has 0 aliphatic heterocycles. The van der Waals surface area contributed by atoms with E-state index in [-0.39, 0.29) is 18.6 Å². The zero-order valence-corrected chi connectivity index (χ0v) is 14.9. The summed E-state index contributed by atoms with van der Waals surface area (Å²) in [6, 6.07) is 12.6. The summed E-state index contributed by atoms with van der Waals surface area (Å²) in [5, 5.41) is 3.57. The van der Waals surface area contributed by atoms with E-state index in [2.05, 4.69) is 5.32 Å². The average Bonchev–Trinajstić information content (AvgIpc) is 2.59. The van der Waals surface area contributed by atoms with Gasteiger partial charge in [-0.25, -0.2) is 0 Å². The molecular weight excluding hydrogens is 326 g/mol. The number of ether oxygens (including phenoxy) is 2. The third-order valence-corrected chi connectivity index (χ3v) is 3.96. The van der Waals surface area contributed by atoms with Gasteiger partial charge in [0.05, 0.1) is 7.11 Å². The molecular formula is C19H22ClNO3. The summed E-state index contributed by atoms with van der Waals surface area (Å²) in [5.41, 5.74) is 1.38. The van der Waals surface area contributed by atoms with Crippen LogP contribution in [-0.4, -0.2) is 19.1 Å². The Hall–Kier alpha value is -2.20. The summed E-state index contributed by atoms with van der Waals surface area (Å²) in [4.78, 5) is 12.3. The number of halogens is 1. The van der Waals surface area contributed by atoms with Crippen molar-refractivity contribution in [3.8, 4) is 11.5 Å². The molecule has 0 saturated heterocycles. The predicted octanol–water partition coefficient (Wildman–Crippen LogP) is 4.46. The number of amides is 1. The standard InChI is InChI=1S/C19H22ClNO3/c1-4-13(2)21-19(22)14-8-9-18(23-3)15(10-14)12-24-17-7-5-6-16(20)11-17/h5-11,13H,4,12H2,1-3H3,(H,21,22)/t13-/m0/s1. The summed E-state index contributed by atoms with van der Waals surface area (Å²) >= 11 is 5.96. The smallest absolute Gasteiger partial charge is 0.251 e. The van der Waals surface area contributed by atoms with Crippen LogP contribution in [0, 0.1) is 0 Å². The van der Waals surface area contributed by atoms with Gasteiger partial charge in [0, 0.05) is 22.2 Å². The molecule has 0 spiro atoms. The average molecular weight is 348 g/mol. The second kappa shape index (κ2) is 8.60. The van der Waals surface area contributed by atoms with E-state index in [1.807, 2.05) is 26.0 Å². The van der Waals surface area contributed by atoms with E-state index in [1.165, 1.54) is 0 Å². The molecule has 2 rings (SSSR count).